The molecule has 0 aliphatic rings. The number of fused-ring (bicyclic) bond motifs is 7. The number of benzene rings is 5. The summed E-state index contributed by atoms with van der Waals surface area (Å²) in [7, 11) is 0. The summed E-state index contributed by atoms with van der Waals surface area (Å²) in [5, 5.41) is 19.6. The first-order valence-corrected chi connectivity index (χ1v) is 8.26. The van der Waals surface area contributed by atoms with Crippen molar-refractivity contribution in [3.8, 4) is 5.75 Å². The van der Waals surface area contributed by atoms with E-state index < -0.39 is 0 Å². The molecule has 5 aromatic rings. The Morgan fingerprint density at radius 2 is 1.17 bits per heavy atom. The fraction of sp³-hybridized carbons (Fsp3) is 0. The van der Waals surface area contributed by atoms with Gasteiger partial charge in [-0.3, -0.25) is 0 Å². The second kappa shape index (κ2) is 4.86. The van der Waals surface area contributed by atoms with Crippen LogP contribution in [0.2, 0.25) is 5.02 Å². The van der Waals surface area contributed by atoms with Gasteiger partial charge in [0, 0.05) is 15.8 Å². The maximum absolute atomic E-state index is 10.2. The molecule has 0 unspecified atom stereocenters. The highest BCUT2D eigenvalue weighted by Crippen LogP contribution is 2.39. The number of rotatable bonds is 0. The van der Waals surface area contributed by atoms with Crippen LogP contribution in [-0.2, 0) is 0 Å². The molecule has 5 rings (SSSR count). The molecule has 0 saturated heterocycles. The average molecular weight is 329 g/mol. The first kappa shape index (κ1) is 13.6. The van der Waals surface area contributed by atoms with Crippen LogP contribution in [0.4, 0.5) is 0 Å². The quantitative estimate of drug-likeness (QED) is 0.315. The Bertz CT molecular complexity index is 1270. The van der Waals surface area contributed by atoms with Crippen LogP contribution < -0.4 is 0 Å². The van der Waals surface area contributed by atoms with Gasteiger partial charge in [-0.2, -0.15) is 0 Å². The topological polar surface area (TPSA) is 20.2 Å². The van der Waals surface area contributed by atoms with Gasteiger partial charge in [0.2, 0.25) is 0 Å². The Labute approximate surface area is 143 Å². The van der Waals surface area contributed by atoms with Crippen molar-refractivity contribution < 1.29 is 5.11 Å². The van der Waals surface area contributed by atoms with Crippen LogP contribution in [-0.4, -0.2) is 5.11 Å². The lowest BCUT2D eigenvalue weighted by molar-refractivity contribution is 0.481. The summed E-state index contributed by atoms with van der Waals surface area (Å²) < 4.78 is 0. The van der Waals surface area contributed by atoms with Crippen LogP contribution in [0.3, 0.4) is 0 Å². The average Bonchev–Trinajstić information content (AvgIpc) is 2.63. The van der Waals surface area contributed by atoms with Crippen LogP contribution in [0.25, 0.3) is 43.1 Å². The summed E-state index contributed by atoms with van der Waals surface area (Å²) in [4.78, 5) is 0. The molecule has 0 spiro atoms. The van der Waals surface area contributed by atoms with Gasteiger partial charge >= 0.3 is 0 Å². The Balaban J connectivity index is 2.04. The van der Waals surface area contributed by atoms with Crippen molar-refractivity contribution in [2.24, 2.45) is 0 Å². The number of hydrogen-bond acceptors (Lipinski definition) is 1. The molecule has 0 bridgehead atoms. The largest absolute Gasteiger partial charge is 0.507 e. The summed E-state index contributed by atoms with van der Waals surface area (Å²) in [6.45, 7) is 0. The zero-order valence-corrected chi connectivity index (χ0v) is 13.5. The fourth-order valence-corrected chi connectivity index (χ4v) is 3.97. The first-order valence-electron chi connectivity index (χ1n) is 7.88. The monoisotopic (exact) mass is 328 g/mol. The van der Waals surface area contributed by atoms with Crippen molar-refractivity contribution in [1.29, 1.82) is 0 Å². The number of phenolic OH excluding ortho intramolecular Hbond substituents is 1. The van der Waals surface area contributed by atoms with Crippen molar-refractivity contribution in [1.82, 2.24) is 0 Å². The second-order valence-corrected chi connectivity index (χ2v) is 6.50. The van der Waals surface area contributed by atoms with Gasteiger partial charge in [0.1, 0.15) is 5.75 Å². The molecule has 114 valence electrons. The van der Waals surface area contributed by atoms with E-state index in [-0.39, 0.29) is 5.75 Å². The van der Waals surface area contributed by atoms with Gasteiger partial charge in [-0.1, -0.05) is 66.2 Å². The lowest BCUT2D eigenvalue weighted by Crippen LogP contribution is -1.84. The predicted octanol–water partition coefficient (Wildman–Crippen LogP) is 6.66. The van der Waals surface area contributed by atoms with Crippen molar-refractivity contribution in [2.45, 2.75) is 0 Å². The van der Waals surface area contributed by atoms with Gasteiger partial charge in [0.05, 0.1) is 0 Å². The lowest BCUT2D eigenvalue weighted by Gasteiger charge is -2.11. The molecule has 0 heterocycles. The van der Waals surface area contributed by atoms with E-state index in [0.29, 0.717) is 5.02 Å². The molecule has 0 aliphatic heterocycles. The zero-order valence-electron chi connectivity index (χ0n) is 12.8. The number of halogens is 1. The predicted molar refractivity (Wildman–Crippen MR) is 103 cm³/mol. The molecule has 0 atom stereocenters. The van der Waals surface area contributed by atoms with E-state index in [4.69, 9.17) is 11.6 Å². The highest BCUT2D eigenvalue weighted by Gasteiger charge is 2.11. The maximum atomic E-state index is 10.2. The van der Waals surface area contributed by atoms with E-state index in [1.54, 1.807) is 12.1 Å². The van der Waals surface area contributed by atoms with Crippen LogP contribution in [0.15, 0.2) is 72.8 Å². The molecule has 24 heavy (non-hydrogen) atoms. The molecule has 0 amide bonds. The first-order chi connectivity index (χ1) is 11.7. The third kappa shape index (κ3) is 1.76. The fourth-order valence-electron chi connectivity index (χ4n) is 3.70. The van der Waals surface area contributed by atoms with E-state index in [9.17, 15) is 5.11 Å². The minimum absolute atomic E-state index is 0.259. The summed E-state index contributed by atoms with van der Waals surface area (Å²) in [6, 6.07) is 24.4. The van der Waals surface area contributed by atoms with Crippen molar-refractivity contribution >= 4 is 54.7 Å². The summed E-state index contributed by atoms with van der Waals surface area (Å²) in [6.07, 6.45) is 0. The third-order valence-electron chi connectivity index (χ3n) is 4.83. The van der Waals surface area contributed by atoms with Crippen LogP contribution in [0.5, 0.6) is 5.75 Å². The number of aromatic hydroxyl groups is 1. The second-order valence-electron chi connectivity index (χ2n) is 6.10. The molecule has 2 heteroatoms. The molecule has 0 aliphatic carbocycles. The molecule has 1 nitrogen and oxygen atoms in total. The van der Waals surface area contributed by atoms with Gasteiger partial charge in [0.15, 0.2) is 0 Å². The summed E-state index contributed by atoms with van der Waals surface area (Å²) in [5.74, 6) is 0.259. The van der Waals surface area contributed by atoms with Gasteiger partial charge in [-0.25, -0.2) is 0 Å². The van der Waals surface area contributed by atoms with Gasteiger partial charge in [0.25, 0.3) is 0 Å². The Kier molecular flexibility index (Phi) is 2.76. The van der Waals surface area contributed by atoms with E-state index in [1.807, 2.05) is 6.07 Å². The van der Waals surface area contributed by atoms with Gasteiger partial charge < -0.3 is 5.11 Å². The van der Waals surface area contributed by atoms with E-state index in [1.165, 1.54) is 21.5 Å². The van der Waals surface area contributed by atoms with Gasteiger partial charge in [-0.15, -0.1) is 0 Å². The minimum Gasteiger partial charge on any atom is -0.507 e. The Hall–Kier alpha value is -2.77. The van der Waals surface area contributed by atoms with E-state index >= 15 is 0 Å². The van der Waals surface area contributed by atoms with Crippen molar-refractivity contribution in [2.75, 3.05) is 0 Å². The van der Waals surface area contributed by atoms with Crippen LogP contribution in [0.1, 0.15) is 0 Å². The smallest absolute Gasteiger partial charge is 0.123 e. The number of phenols is 1. The highest BCUT2D eigenvalue weighted by molar-refractivity contribution is 6.39. The summed E-state index contributed by atoms with van der Waals surface area (Å²) in [5.41, 5.74) is 0. The van der Waals surface area contributed by atoms with Crippen molar-refractivity contribution in [3.63, 3.8) is 0 Å². The molecular formula is C22H13ClO. The molecular weight excluding hydrogens is 316 g/mol. The lowest BCUT2D eigenvalue weighted by atomic mass is 9.94. The molecule has 0 radical (unpaired) electrons. The third-order valence-corrected chi connectivity index (χ3v) is 5.14. The maximum Gasteiger partial charge on any atom is 0.123 e. The molecule has 0 aromatic heterocycles. The molecule has 0 saturated carbocycles. The van der Waals surface area contributed by atoms with E-state index in [2.05, 4.69) is 54.6 Å². The minimum atomic E-state index is 0.259. The SMILES string of the molecule is Oc1ccc(Cl)c2c1ccc1c3ccc4ccccc4c3ccc12. The molecule has 0 fully saturated rings. The standard InChI is InChI=1S/C22H13ClO/c23-20-11-12-21(24)19-10-8-17-16-6-5-13-3-1-2-4-14(13)15(16)7-9-18(17)22(19)20/h1-12,24H. The molecule has 1 N–H and O–H groups in total. The summed E-state index contributed by atoms with van der Waals surface area (Å²) >= 11 is 6.44. The van der Waals surface area contributed by atoms with Crippen LogP contribution in [0, 0.1) is 0 Å². The highest BCUT2D eigenvalue weighted by atomic mass is 35.5. The van der Waals surface area contributed by atoms with Crippen molar-refractivity contribution in [3.05, 3.63) is 77.8 Å². The Morgan fingerprint density at radius 1 is 0.542 bits per heavy atom. The number of hydrogen-bond donors (Lipinski definition) is 1. The van der Waals surface area contributed by atoms with Crippen LogP contribution >= 0.6 is 11.6 Å². The Morgan fingerprint density at radius 3 is 2.04 bits per heavy atom. The normalized spacial score (nSPS) is 11.7. The zero-order chi connectivity index (χ0) is 16.3. The molecule has 5 aromatic carbocycles. The van der Waals surface area contributed by atoms with Gasteiger partial charge in [-0.05, 0) is 50.5 Å². The van der Waals surface area contributed by atoms with E-state index in [0.717, 1.165) is 21.5 Å².